The standard InChI is InChI=1S/C13H17F2NO4/c1-20-12(18)7-11(16-4-5-17)13(19)8-2-3-9(14)10(15)6-8/h2-3,6,11,13,16-17,19H,4-5,7H2,1H3. The lowest BCUT2D eigenvalue weighted by molar-refractivity contribution is -0.142. The number of carbonyl (C=O) groups excluding carboxylic acids is 1. The topological polar surface area (TPSA) is 78.8 Å². The molecule has 1 rings (SSSR count). The molecule has 2 atom stereocenters. The normalized spacial score (nSPS) is 13.8. The first kappa shape index (κ1) is 16.5. The molecule has 2 unspecified atom stereocenters. The number of methoxy groups -OCH3 is 1. The van der Waals surface area contributed by atoms with Crippen molar-refractivity contribution in [2.45, 2.75) is 18.6 Å². The molecule has 1 aromatic rings. The van der Waals surface area contributed by atoms with Crippen LogP contribution in [0.25, 0.3) is 0 Å². The fraction of sp³-hybridized carbons (Fsp3) is 0.462. The Morgan fingerprint density at radius 3 is 2.65 bits per heavy atom. The summed E-state index contributed by atoms with van der Waals surface area (Å²) in [5.74, 6) is -2.67. The predicted octanol–water partition coefficient (Wildman–Crippen LogP) is 0.512. The van der Waals surface area contributed by atoms with Crippen LogP contribution in [0.4, 0.5) is 8.78 Å². The zero-order chi connectivity index (χ0) is 15.1. The number of hydrogen-bond donors (Lipinski definition) is 3. The largest absolute Gasteiger partial charge is 0.469 e. The fourth-order valence-corrected chi connectivity index (χ4v) is 1.74. The van der Waals surface area contributed by atoms with Gasteiger partial charge < -0.3 is 20.3 Å². The van der Waals surface area contributed by atoms with E-state index in [0.29, 0.717) is 0 Å². The quantitative estimate of drug-likeness (QED) is 0.638. The number of halogens is 2. The molecule has 0 fully saturated rings. The zero-order valence-corrected chi connectivity index (χ0v) is 11.0. The Balaban J connectivity index is 2.86. The van der Waals surface area contributed by atoms with E-state index in [4.69, 9.17) is 5.11 Å². The molecule has 0 bridgehead atoms. The molecule has 7 heteroatoms. The highest BCUT2D eigenvalue weighted by Gasteiger charge is 2.24. The van der Waals surface area contributed by atoms with E-state index >= 15 is 0 Å². The molecule has 3 N–H and O–H groups in total. The molecule has 1 aromatic carbocycles. The number of rotatable bonds is 7. The van der Waals surface area contributed by atoms with Gasteiger partial charge in [-0.3, -0.25) is 4.79 Å². The second-order valence-electron chi connectivity index (χ2n) is 4.18. The van der Waals surface area contributed by atoms with Gasteiger partial charge in [-0.1, -0.05) is 6.07 Å². The molecular weight excluding hydrogens is 272 g/mol. The number of ether oxygens (including phenoxy) is 1. The monoisotopic (exact) mass is 289 g/mol. The smallest absolute Gasteiger partial charge is 0.307 e. The summed E-state index contributed by atoms with van der Waals surface area (Å²) in [5.41, 5.74) is 0.128. The highest BCUT2D eigenvalue weighted by molar-refractivity contribution is 5.70. The molecule has 0 aliphatic carbocycles. The van der Waals surface area contributed by atoms with Gasteiger partial charge in [0.05, 0.1) is 26.2 Å². The first-order valence-electron chi connectivity index (χ1n) is 6.03. The molecule has 0 heterocycles. The number of benzene rings is 1. The minimum atomic E-state index is -1.24. The maximum absolute atomic E-state index is 13.1. The van der Waals surface area contributed by atoms with Crippen LogP contribution in [0.3, 0.4) is 0 Å². The maximum atomic E-state index is 13.1. The van der Waals surface area contributed by atoms with Crippen molar-refractivity contribution in [1.82, 2.24) is 5.32 Å². The van der Waals surface area contributed by atoms with Crippen molar-refractivity contribution in [3.05, 3.63) is 35.4 Å². The number of nitrogens with one attached hydrogen (secondary N) is 1. The first-order valence-corrected chi connectivity index (χ1v) is 6.03. The van der Waals surface area contributed by atoms with Crippen LogP contribution in [-0.4, -0.2) is 42.5 Å². The van der Waals surface area contributed by atoms with Crippen molar-refractivity contribution in [2.75, 3.05) is 20.3 Å². The molecule has 0 amide bonds. The number of aliphatic hydroxyl groups excluding tert-OH is 2. The average Bonchev–Trinajstić information content (AvgIpc) is 2.45. The van der Waals surface area contributed by atoms with E-state index in [9.17, 15) is 18.7 Å². The van der Waals surface area contributed by atoms with Crippen molar-refractivity contribution in [3.8, 4) is 0 Å². The minimum Gasteiger partial charge on any atom is -0.469 e. The molecule has 0 aliphatic rings. The highest BCUT2D eigenvalue weighted by Crippen LogP contribution is 2.21. The van der Waals surface area contributed by atoms with E-state index in [2.05, 4.69) is 10.1 Å². The van der Waals surface area contributed by atoms with E-state index in [0.717, 1.165) is 12.1 Å². The van der Waals surface area contributed by atoms with Crippen molar-refractivity contribution in [3.63, 3.8) is 0 Å². The first-order chi connectivity index (χ1) is 9.49. The third-order valence-corrected chi connectivity index (χ3v) is 2.80. The van der Waals surface area contributed by atoms with Gasteiger partial charge in [-0.15, -0.1) is 0 Å². The van der Waals surface area contributed by atoms with Gasteiger partial charge in [0.2, 0.25) is 0 Å². The SMILES string of the molecule is COC(=O)CC(NCCO)C(O)c1ccc(F)c(F)c1. The van der Waals surface area contributed by atoms with Crippen molar-refractivity contribution >= 4 is 5.97 Å². The predicted molar refractivity (Wildman–Crippen MR) is 66.8 cm³/mol. The number of aliphatic hydroxyl groups is 2. The third kappa shape index (κ3) is 4.52. The molecule has 112 valence electrons. The van der Waals surface area contributed by atoms with Crippen molar-refractivity contribution in [1.29, 1.82) is 0 Å². The highest BCUT2D eigenvalue weighted by atomic mass is 19.2. The molecule has 20 heavy (non-hydrogen) atoms. The van der Waals surface area contributed by atoms with Crippen LogP contribution in [0, 0.1) is 11.6 Å². The van der Waals surface area contributed by atoms with E-state index in [1.807, 2.05) is 0 Å². The molecule has 0 saturated heterocycles. The molecule has 5 nitrogen and oxygen atoms in total. The Morgan fingerprint density at radius 1 is 1.40 bits per heavy atom. The number of esters is 1. The van der Waals surface area contributed by atoms with Crippen molar-refractivity contribution in [2.24, 2.45) is 0 Å². The van der Waals surface area contributed by atoms with Crippen LogP contribution in [-0.2, 0) is 9.53 Å². The number of hydrogen-bond acceptors (Lipinski definition) is 5. The second kappa shape index (κ2) is 7.88. The van der Waals surface area contributed by atoms with E-state index < -0.39 is 29.7 Å². The zero-order valence-electron chi connectivity index (χ0n) is 11.0. The van der Waals surface area contributed by atoms with Gasteiger partial charge in [0.1, 0.15) is 0 Å². The average molecular weight is 289 g/mol. The van der Waals surface area contributed by atoms with Gasteiger partial charge in [0.15, 0.2) is 11.6 Å². The van der Waals surface area contributed by atoms with Gasteiger partial charge >= 0.3 is 5.97 Å². The summed E-state index contributed by atoms with van der Waals surface area (Å²) in [5, 5.41) is 21.6. The third-order valence-electron chi connectivity index (χ3n) is 2.80. The lowest BCUT2D eigenvalue weighted by Crippen LogP contribution is -2.38. The Kier molecular flexibility index (Phi) is 6.50. The van der Waals surface area contributed by atoms with Gasteiger partial charge in [0, 0.05) is 12.6 Å². The summed E-state index contributed by atoms with van der Waals surface area (Å²) >= 11 is 0. The van der Waals surface area contributed by atoms with Crippen LogP contribution in [0.2, 0.25) is 0 Å². The summed E-state index contributed by atoms with van der Waals surface area (Å²) in [4.78, 5) is 11.3. The van der Waals surface area contributed by atoms with Crippen molar-refractivity contribution < 1.29 is 28.5 Å². The van der Waals surface area contributed by atoms with Gasteiger partial charge in [-0.25, -0.2) is 8.78 Å². The summed E-state index contributed by atoms with van der Waals surface area (Å²) in [6, 6.07) is 2.22. The minimum absolute atomic E-state index is 0.128. The second-order valence-corrected chi connectivity index (χ2v) is 4.18. The Hall–Kier alpha value is -1.57. The lowest BCUT2D eigenvalue weighted by atomic mass is 9.99. The maximum Gasteiger partial charge on any atom is 0.307 e. The molecule has 0 radical (unpaired) electrons. The molecule has 0 saturated carbocycles. The summed E-state index contributed by atoms with van der Waals surface area (Å²) in [7, 11) is 1.20. The Labute approximate surface area is 115 Å². The lowest BCUT2D eigenvalue weighted by Gasteiger charge is -2.23. The van der Waals surface area contributed by atoms with E-state index in [1.54, 1.807) is 0 Å². The van der Waals surface area contributed by atoms with Crippen LogP contribution in [0.5, 0.6) is 0 Å². The number of carbonyl (C=O) groups is 1. The Bertz CT molecular complexity index is 456. The fourth-order valence-electron chi connectivity index (χ4n) is 1.74. The van der Waals surface area contributed by atoms with E-state index in [-0.39, 0.29) is 25.1 Å². The van der Waals surface area contributed by atoms with Crippen LogP contribution in [0.1, 0.15) is 18.1 Å². The summed E-state index contributed by atoms with van der Waals surface area (Å²) in [6.45, 7) is -0.0510. The molecule has 0 aromatic heterocycles. The summed E-state index contributed by atoms with van der Waals surface area (Å²) in [6.07, 6.45) is -1.41. The van der Waals surface area contributed by atoms with Crippen LogP contribution >= 0.6 is 0 Å². The van der Waals surface area contributed by atoms with Gasteiger partial charge in [-0.2, -0.15) is 0 Å². The van der Waals surface area contributed by atoms with Crippen LogP contribution < -0.4 is 5.32 Å². The van der Waals surface area contributed by atoms with Crippen LogP contribution in [0.15, 0.2) is 18.2 Å². The van der Waals surface area contributed by atoms with E-state index in [1.165, 1.54) is 13.2 Å². The molecular formula is C13H17F2NO4. The van der Waals surface area contributed by atoms with Gasteiger partial charge in [0.25, 0.3) is 0 Å². The molecule has 0 spiro atoms. The van der Waals surface area contributed by atoms with Gasteiger partial charge in [-0.05, 0) is 17.7 Å². The molecule has 0 aliphatic heterocycles. The summed E-state index contributed by atoms with van der Waals surface area (Å²) < 4.78 is 30.5. The Morgan fingerprint density at radius 2 is 2.10 bits per heavy atom.